The van der Waals surface area contributed by atoms with E-state index in [0.29, 0.717) is 0 Å². The van der Waals surface area contributed by atoms with Gasteiger partial charge < -0.3 is 14.7 Å². The minimum Gasteiger partial charge on any atom is -0.310 e. The van der Waals surface area contributed by atoms with Crippen LogP contribution in [0.3, 0.4) is 0 Å². The molecular weight excluding hydrogens is 767 g/mol. The Hall–Kier alpha value is -7.05. The molecule has 0 unspecified atom stereocenters. The molecule has 288 valence electrons. The summed E-state index contributed by atoms with van der Waals surface area (Å²) in [5.74, 6) is 0. The number of thiophene rings is 1. The van der Waals surface area contributed by atoms with Gasteiger partial charge in [-0.05, 0) is 127 Å². The van der Waals surface area contributed by atoms with E-state index in [0.717, 1.165) is 67.2 Å². The first kappa shape index (κ1) is 37.2. The van der Waals surface area contributed by atoms with Crippen molar-refractivity contribution in [1.29, 1.82) is 0 Å². The van der Waals surface area contributed by atoms with Gasteiger partial charge in [0, 0.05) is 64.9 Å². The fourth-order valence-corrected chi connectivity index (χ4v) is 9.67. The summed E-state index contributed by atoms with van der Waals surface area (Å²) in [6.45, 7) is 2.18. The van der Waals surface area contributed by atoms with Crippen LogP contribution in [0.1, 0.15) is 5.56 Å². The quantitative estimate of drug-likeness (QED) is 0.138. The predicted octanol–water partition coefficient (Wildman–Crippen LogP) is 16.7. The fraction of sp³-hybridized carbons (Fsp3) is 0.0182. The minimum absolute atomic E-state index is 0.895. The number of benzene rings is 9. The molecule has 10 aromatic rings. The van der Waals surface area contributed by atoms with Crippen molar-refractivity contribution < 1.29 is 0 Å². The Morgan fingerprint density at radius 1 is 0.333 bits per heavy atom. The highest BCUT2D eigenvalue weighted by Gasteiger charge is 2.25. The fourth-order valence-electron chi connectivity index (χ4n) is 8.22. The molecule has 0 aliphatic heterocycles. The van der Waals surface area contributed by atoms with E-state index in [9.17, 15) is 0 Å². The lowest BCUT2D eigenvalue weighted by Crippen LogP contribution is -2.17. The number of hydrogen-bond donors (Lipinski definition) is 1. The van der Waals surface area contributed by atoms with E-state index < -0.39 is 0 Å². The van der Waals surface area contributed by atoms with Crippen molar-refractivity contribution in [3.05, 3.63) is 230 Å². The minimum atomic E-state index is 0.895. The topological polar surface area (TPSA) is 9.72 Å². The Balaban J connectivity index is 1.17. The van der Waals surface area contributed by atoms with E-state index in [2.05, 4.69) is 246 Å². The van der Waals surface area contributed by atoms with Crippen LogP contribution < -0.4 is 14.7 Å². The zero-order chi connectivity index (χ0) is 40.4. The van der Waals surface area contributed by atoms with Gasteiger partial charge in [0.15, 0.2) is 0 Å². The monoisotopic (exact) mass is 807 g/mol. The van der Waals surface area contributed by atoms with E-state index >= 15 is 0 Å². The molecule has 1 heterocycles. The molecule has 0 bridgehead atoms. The molecule has 0 saturated carbocycles. The van der Waals surface area contributed by atoms with Crippen LogP contribution >= 0.6 is 24.0 Å². The van der Waals surface area contributed by atoms with Crippen LogP contribution in [0.15, 0.2) is 229 Å². The largest absolute Gasteiger partial charge is 0.310 e. The highest BCUT2D eigenvalue weighted by atomic mass is 32.1. The zero-order valence-electron chi connectivity index (χ0n) is 33.1. The molecule has 9 aromatic carbocycles. The van der Waals surface area contributed by atoms with Crippen molar-refractivity contribution in [2.24, 2.45) is 0 Å². The van der Waals surface area contributed by atoms with Gasteiger partial charge in [-0.15, -0.1) is 24.0 Å². The number of rotatable bonds is 10. The van der Waals surface area contributed by atoms with Crippen molar-refractivity contribution in [1.82, 2.24) is 0 Å². The normalized spacial score (nSPS) is 11.2. The number of nitrogens with zero attached hydrogens (tertiary/aromatic N) is 3. The molecule has 0 aliphatic rings. The molecular formula is C55H41N3S2. The van der Waals surface area contributed by atoms with Crippen molar-refractivity contribution >= 4 is 95.3 Å². The molecule has 0 saturated heterocycles. The Morgan fingerprint density at radius 2 is 0.767 bits per heavy atom. The van der Waals surface area contributed by atoms with Crippen molar-refractivity contribution in [3.8, 4) is 11.1 Å². The lowest BCUT2D eigenvalue weighted by atomic mass is 9.98. The molecule has 0 radical (unpaired) electrons. The molecule has 60 heavy (non-hydrogen) atoms. The summed E-state index contributed by atoms with van der Waals surface area (Å²) in [6, 6.07) is 80.1. The van der Waals surface area contributed by atoms with E-state index in [-0.39, 0.29) is 0 Å². The van der Waals surface area contributed by atoms with Crippen LogP contribution in [-0.4, -0.2) is 0 Å². The summed E-state index contributed by atoms with van der Waals surface area (Å²) < 4.78 is 2.51. The number of aryl methyl sites for hydroxylation is 1. The molecule has 0 amide bonds. The Labute approximate surface area is 361 Å². The molecule has 0 N–H and O–H groups in total. The number of hydrogen-bond acceptors (Lipinski definition) is 5. The van der Waals surface area contributed by atoms with Gasteiger partial charge in [-0.3, -0.25) is 0 Å². The standard InChI is InChI=1S/C55H41N3S2/c1-39-31-32-45(56(40-19-7-2-8-20-40)41-21-9-3-10-22-41)35-49(39)47-34-33-46(36-53(47)59)58(44-27-15-6-16-28-44)51-37-50-48-29-17-18-30-54(48)60-55(50)38-52(51)57(42-23-11-4-12-24-42)43-25-13-5-14-26-43/h2-38,59H,1H3. The maximum absolute atomic E-state index is 5.30. The van der Waals surface area contributed by atoms with E-state index in [4.69, 9.17) is 12.6 Å². The van der Waals surface area contributed by atoms with Gasteiger partial charge in [0.2, 0.25) is 0 Å². The summed E-state index contributed by atoms with van der Waals surface area (Å²) in [7, 11) is 0. The molecule has 0 spiro atoms. The van der Waals surface area contributed by atoms with E-state index in [1.165, 1.54) is 25.7 Å². The van der Waals surface area contributed by atoms with Crippen LogP contribution in [0, 0.1) is 6.92 Å². The first-order valence-electron chi connectivity index (χ1n) is 20.2. The second kappa shape index (κ2) is 16.3. The van der Waals surface area contributed by atoms with Crippen LogP contribution in [0.5, 0.6) is 0 Å². The maximum atomic E-state index is 5.30. The number of fused-ring (bicyclic) bond motifs is 3. The lowest BCUT2D eigenvalue weighted by Gasteiger charge is -2.33. The maximum Gasteiger partial charge on any atom is 0.0716 e. The number of thiol groups is 1. The molecule has 10 rings (SSSR count). The molecule has 0 atom stereocenters. The predicted molar refractivity (Wildman–Crippen MR) is 261 cm³/mol. The van der Waals surface area contributed by atoms with Crippen LogP contribution in [0.2, 0.25) is 0 Å². The number of anilines is 9. The molecule has 0 fully saturated rings. The zero-order valence-corrected chi connectivity index (χ0v) is 34.8. The third-order valence-corrected chi connectivity index (χ3v) is 12.5. The first-order valence-corrected chi connectivity index (χ1v) is 21.4. The van der Waals surface area contributed by atoms with Crippen LogP contribution in [0.25, 0.3) is 31.3 Å². The average molecular weight is 808 g/mol. The second-order valence-corrected chi connectivity index (χ2v) is 16.4. The lowest BCUT2D eigenvalue weighted by molar-refractivity contribution is 1.22. The van der Waals surface area contributed by atoms with Crippen molar-refractivity contribution in [2.45, 2.75) is 11.8 Å². The Bertz CT molecular complexity index is 2980. The van der Waals surface area contributed by atoms with Gasteiger partial charge in [-0.1, -0.05) is 121 Å². The summed E-state index contributed by atoms with van der Waals surface area (Å²) >= 11 is 7.14. The average Bonchev–Trinajstić information content (AvgIpc) is 3.67. The van der Waals surface area contributed by atoms with Crippen molar-refractivity contribution in [2.75, 3.05) is 14.7 Å². The third-order valence-electron chi connectivity index (χ3n) is 11.0. The summed E-state index contributed by atoms with van der Waals surface area (Å²) in [6.07, 6.45) is 0. The molecule has 5 heteroatoms. The SMILES string of the molecule is Cc1ccc(N(c2ccccc2)c2ccccc2)cc1-c1ccc(N(c2ccccc2)c2cc3c(cc2N(c2ccccc2)c2ccccc2)sc2ccccc23)cc1S. The van der Waals surface area contributed by atoms with E-state index in [1.54, 1.807) is 0 Å². The summed E-state index contributed by atoms with van der Waals surface area (Å²) in [5, 5.41) is 2.48. The van der Waals surface area contributed by atoms with Gasteiger partial charge in [0.25, 0.3) is 0 Å². The van der Waals surface area contributed by atoms with Crippen LogP contribution in [-0.2, 0) is 0 Å². The van der Waals surface area contributed by atoms with Gasteiger partial charge >= 0.3 is 0 Å². The van der Waals surface area contributed by atoms with Crippen molar-refractivity contribution in [3.63, 3.8) is 0 Å². The highest BCUT2D eigenvalue weighted by Crippen LogP contribution is 2.50. The molecule has 0 aliphatic carbocycles. The third kappa shape index (κ3) is 7.08. The number of para-hydroxylation sites is 5. The van der Waals surface area contributed by atoms with Crippen LogP contribution in [0.4, 0.5) is 51.2 Å². The van der Waals surface area contributed by atoms with Gasteiger partial charge in [-0.25, -0.2) is 0 Å². The summed E-state index contributed by atoms with van der Waals surface area (Å²) in [5.41, 5.74) is 13.0. The Kier molecular flexibility index (Phi) is 10.1. The highest BCUT2D eigenvalue weighted by molar-refractivity contribution is 7.80. The van der Waals surface area contributed by atoms with Gasteiger partial charge in [0.1, 0.15) is 0 Å². The van der Waals surface area contributed by atoms with Gasteiger partial charge in [-0.2, -0.15) is 0 Å². The second-order valence-electron chi connectivity index (χ2n) is 14.8. The summed E-state index contributed by atoms with van der Waals surface area (Å²) in [4.78, 5) is 7.97. The molecule has 1 aromatic heterocycles. The Morgan fingerprint density at radius 3 is 1.30 bits per heavy atom. The smallest absolute Gasteiger partial charge is 0.0716 e. The first-order chi connectivity index (χ1) is 29.6. The molecule has 3 nitrogen and oxygen atoms in total. The van der Waals surface area contributed by atoms with E-state index in [1.807, 2.05) is 11.3 Å². The van der Waals surface area contributed by atoms with Gasteiger partial charge in [0.05, 0.1) is 11.4 Å².